The van der Waals surface area contributed by atoms with Crippen LogP contribution in [0.15, 0.2) is 30.9 Å². The Bertz CT molecular complexity index is 979. The lowest BCUT2D eigenvalue weighted by Crippen LogP contribution is -2.37. The molecule has 0 unspecified atom stereocenters. The van der Waals surface area contributed by atoms with E-state index in [0.717, 1.165) is 39.3 Å². The van der Waals surface area contributed by atoms with Gasteiger partial charge in [0.25, 0.3) is 0 Å². The highest BCUT2D eigenvalue weighted by Crippen LogP contribution is 2.30. The average Bonchev–Trinajstić information content (AvgIpc) is 3.26. The molecule has 2 aromatic heterocycles. The predicted octanol–water partition coefficient (Wildman–Crippen LogP) is 1.34. The van der Waals surface area contributed by atoms with Crippen LogP contribution < -0.4 is 15.0 Å². The average molecular weight is 384 g/mol. The van der Waals surface area contributed by atoms with E-state index in [9.17, 15) is 0 Å². The highest BCUT2D eigenvalue weighted by Gasteiger charge is 2.13. The molecule has 0 aliphatic carbocycles. The van der Waals surface area contributed by atoms with Gasteiger partial charge in [-0.15, -0.1) is 0 Å². The molecule has 9 nitrogen and oxygen atoms in total. The zero-order valence-electron chi connectivity index (χ0n) is 15.9. The number of fused-ring (bicyclic) bond motifs is 1. The van der Waals surface area contributed by atoms with E-state index in [1.165, 1.54) is 0 Å². The summed E-state index contributed by atoms with van der Waals surface area (Å²) in [6.07, 6.45) is 5.85. The van der Waals surface area contributed by atoms with Gasteiger partial charge in [-0.2, -0.15) is 0 Å². The Hall–Kier alpha value is -2.91. The summed E-state index contributed by atoms with van der Waals surface area (Å²) in [4.78, 5) is 14.0. The van der Waals surface area contributed by atoms with E-state index in [0.29, 0.717) is 35.0 Å². The number of nitrogens with zero attached hydrogens (tertiary/aromatic N) is 4. The fraction of sp³-hybridized carbons (Fsp3) is 0.421. The minimum Gasteiger partial charge on any atom is -0.493 e. The molecule has 0 bridgehead atoms. The van der Waals surface area contributed by atoms with Gasteiger partial charge in [-0.05, 0) is 12.5 Å². The van der Waals surface area contributed by atoms with E-state index in [-0.39, 0.29) is 5.49 Å². The molecule has 1 fully saturated rings. The molecule has 0 atom stereocenters. The van der Waals surface area contributed by atoms with Crippen LogP contribution in [0.5, 0.6) is 11.5 Å². The van der Waals surface area contributed by atoms with Crippen LogP contribution in [0.3, 0.4) is 0 Å². The number of nitrogens with one attached hydrogen (secondary N) is 2. The molecule has 1 saturated heterocycles. The van der Waals surface area contributed by atoms with Crippen LogP contribution in [0.1, 0.15) is 6.42 Å². The van der Waals surface area contributed by atoms with E-state index in [1.54, 1.807) is 36.5 Å². The fourth-order valence-electron chi connectivity index (χ4n) is 3.27. The Labute approximate surface area is 162 Å². The van der Waals surface area contributed by atoms with Gasteiger partial charge in [-0.1, -0.05) is 0 Å². The number of methoxy groups -OCH3 is 1. The van der Waals surface area contributed by atoms with Gasteiger partial charge >= 0.3 is 0 Å². The highest BCUT2D eigenvalue weighted by atomic mass is 16.5. The molecule has 1 aromatic carbocycles. The SMILES string of the molecule is COc1cc2c(=N)n(-c3ncc[nH]3)cnc2cc1OCCCN1CCOCC1. The maximum atomic E-state index is 8.49. The van der Waals surface area contributed by atoms with Gasteiger partial charge in [0, 0.05) is 43.5 Å². The third-order valence-electron chi connectivity index (χ3n) is 4.78. The Kier molecular flexibility index (Phi) is 5.54. The van der Waals surface area contributed by atoms with Gasteiger partial charge in [0.1, 0.15) is 11.8 Å². The summed E-state index contributed by atoms with van der Waals surface area (Å²) in [7, 11) is 1.60. The first kappa shape index (κ1) is 18.5. The number of ether oxygens (including phenoxy) is 3. The van der Waals surface area contributed by atoms with E-state index >= 15 is 0 Å². The largest absolute Gasteiger partial charge is 0.493 e. The minimum absolute atomic E-state index is 0.275. The molecule has 4 rings (SSSR count). The van der Waals surface area contributed by atoms with Crippen molar-refractivity contribution in [3.8, 4) is 17.4 Å². The van der Waals surface area contributed by atoms with Crippen molar-refractivity contribution in [1.82, 2.24) is 24.4 Å². The van der Waals surface area contributed by atoms with Gasteiger partial charge in [-0.3, -0.25) is 14.9 Å². The standard InChI is InChI=1S/C19H24N6O3/c1-26-16-11-14-15(23-13-25(18(14)20)19-21-3-4-22-19)12-17(16)28-8-2-5-24-6-9-27-10-7-24/h3-4,11-13,20H,2,5-10H2,1H3,(H,21,22). The number of aromatic amines is 1. The summed E-state index contributed by atoms with van der Waals surface area (Å²) in [6.45, 7) is 5.14. The molecule has 28 heavy (non-hydrogen) atoms. The zero-order valence-corrected chi connectivity index (χ0v) is 15.9. The lowest BCUT2D eigenvalue weighted by Gasteiger charge is -2.26. The number of aromatic nitrogens is 4. The first-order chi connectivity index (χ1) is 13.8. The van der Waals surface area contributed by atoms with Crippen molar-refractivity contribution in [2.45, 2.75) is 6.42 Å². The minimum atomic E-state index is 0.275. The van der Waals surface area contributed by atoms with Crippen LogP contribution in [0, 0.1) is 5.41 Å². The lowest BCUT2D eigenvalue weighted by molar-refractivity contribution is 0.0357. The summed E-state index contributed by atoms with van der Waals surface area (Å²) < 4.78 is 18.4. The summed E-state index contributed by atoms with van der Waals surface area (Å²) in [6, 6.07) is 3.62. The quantitative estimate of drug-likeness (QED) is 0.596. The van der Waals surface area contributed by atoms with Crippen LogP contribution in [0.4, 0.5) is 0 Å². The highest BCUT2D eigenvalue weighted by molar-refractivity contribution is 5.81. The van der Waals surface area contributed by atoms with E-state index in [1.807, 2.05) is 6.07 Å². The first-order valence-electron chi connectivity index (χ1n) is 9.33. The van der Waals surface area contributed by atoms with E-state index < -0.39 is 0 Å². The molecule has 2 N–H and O–H groups in total. The van der Waals surface area contributed by atoms with Gasteiger partial charge in [-0.25, -0.2) is 9.97 Å². The van der Waals surface area contributed by atoms with Crippen molar-refractivity contribution in [3.05, 3.63) is 36.3 Å². The summed E-state index contributed by atoms with van der Waals surface area (Å²) in [5.74, 6) is 1.77. The Morgan fingerprint density at radius 1 is 1.21 bits per heavy atom. The first-order valence-corrected chi connectivity index (χ1v) is 9.33. The predicted molar refractivity (Wildman–Crippen MR) is 103 cm³/mol. The van der Waals surface area contributed by atoms with Gasteiger partial charge < -0.3 is 19.2 Å². The smallest absolute Gasteiger partial charge is 0.214 e. The Morgan fingerprint density at radius 2 is 2.07 bits per heavy atom. The van der Waals surface area contributed by atoms with Crippen LogP contribution in [-0.4, -0.2) is 71.0 Å². The second-order valence-corrected chi connectivity index (χ2v) is 6.55. The number of rotatable bonds is 7. The Balaban J connectivity index is 1.50. The Morgan fingerprint density at radius 3 is 2.82 bits per heavy atom. The van der Waals surface area contributed by atoms with Crippen molar-refractivity contribution in [2.24, 2.45) is 0 Å². The van der Waals surface area contributed by atoms with Gasteiger partial charge in [0.05, 0.1) is 32.4 Å². The van der Waals surface area contributed by atoms with Gasteiger partial charge in [0.2, 0.25) is 5.95 Å². The molecule has 3 heterocycles. The molecule has 148 valence electrons. The number of benzene rings is 1. The number of hydrogen-bond donors (Lipinski definition) is 2. The van der Waals surface area contributed by atoms with Crippen LogP contribution in [-0.2, 0) is 4.74 Å². The third kappa shape index (κ3) is 3.85. The number of H-pyrrole nitrogens is 1. The number of morpholine rings is 1. The van der Waals surface area contributed by atoms with Crippen molar-refractivity contribution >= 4 is 10.9 Å². The van der Waals surface area contributed by atoms with Crippen molar-refractivity contribution in [1.29, 1.82) is 5.41 Å². The zero-order chi connectivity index (χ0) is 19.3. The normalized spacial score (nSPS) is 15.0. The number of hydrogen-bond acceptors (Lipinski definition) is 7. The van der Waals surface area contributed by atoms with E-state index in [4.69, 9.17) is 19.6 Å². The molecule has 1 aliphatic heterocycles. The second kappa shape index (κ2) is 8.41. The fourth-order valence-corrected chi connectivity index (χ4v) is 3.27. The van der Waals surface area contributed by atoms with Crippen molar-refractivity contribution in [2.75, 3.05) is 46.6 Å². The topological polar surface area (TPSA) is 101 Å². The van der Waals surface area contributed by atoms with Crippen molar-refractivity contribution in [3.63, 3.8) is 0 Å². The molecule has 9 heteroatoms. The molecule has 0 radical (unpaired) electrons. The molecule has 0 spiro atoms. The summed E-state index contributed by atoms with van der Waals surface area (Å²) >= 11 is 0. The van der Waals surface area contributed by atoms with Crippen LogP contribution >= 0.6 is 0 Å². The maximum Gasteiger partial charge on any atom is 0.214 e. The van der Waals surface area contributed by atoms with Gasteiger partial charge in [0.15, 0.2) is 11.5 Å². The monoisotopic (exact) mass is 384 g/mol. The maximum absolute atomic E-state index is 8.49. The molecular weight excluding hydrogens is 360 g/mol. The molecular formula is C19H24N6O3. The van der Waals surface area contributed by atoms with Crippen LogP contribution in [0.25, 0.3) is 16.9 Å². The van der Waals surface area contributed by atoms with E-state index in [2.05, 4.69) is 19.9 Å². The molecule has 0 amide bonds. The summed E-state index contributed by atoms with van der Waals surface area (Å²) in [5.41, 5.74) is 0.953. The number of imidazole rings is 1. The second-order valence-electron chi connectivity index (χ2n) is 6.55. The van der Waals surface area contributed by atoms with Crippen molar-refractivity contribution < 1.29 is 14.2 Å². The third-order valence-corrected chi connectivity index (χ3v) is 4.78. The molecule has 3 aromatic rings. The molecule has 0 saturated carbocycles. The summed E-state index contributed by atoms with van der Waals surface area (Å²) in [5, 5.41) is 9.15. The van der Waals surface area contributed by atoms with Crippen LogP contribution in [0.2, 0.25) is 0 Å². The lowest BCUT2D eigenvalue weighted by atomic mass is 10.2. The molecule has 1 aliphatic rings.